The largest absolute Gasteiger partial charge is 0.330 e. The van der Waals surface area contributed by atoms with Crippen molar-refractivity contribution in [1.82, 2.24) is 4.90 Å². The number of hydrogen-bond acceptors (Lipinski definition) is 3. The standard InChI is InChI=1S/C26H29N3O.ClH/c1-19(29-17-22(16-27)24(18-29)21-12-6-3-7-13-21)26(30)28-25-15-9-8-14-23(25)20-10-4-2-5-11-20;/h2-15,19,22,24H,16-18,27H2,1H3,(H,28,30);1H/t19?,22-,24+;/m1./s1. The van der Waals surface area contributed by atoms with Gasteiger partial charge in [0, 0.05) is 30.3 Å². The van der Waals surface area contributed by atoms with Gasteiger partial charge in [0.05, 0.1) is 6.04 Å². The number of benzene rings is 3. The van der Waals surface area contributed by atoms with Crippen molar-refractivity contribution in [3.8, 4) is 11.1 Å². The minimum atomic E-state index is -0.225. The number of para-hydroxylation sites is 1. The Kier molecular flexibility index (Phi) is 7.85. The lowest BCUT2D eigenvalue weighted by molar-refractivity contribution is -0.120. The Balaban J connectivity index is 0.00000272. The third kappa shape index (κ3) is 5.16. The van der Waals surface area contributed by atoms with E-state index in [1.807, 2.05) is 55.5 Å². The molecule has 0 aliphatic carbocycles. The lowest BCUT2D eigenvalue weighted by Gasteiger charge is -2.24. The molecule has 0 radical (unpaired) electrons. The molecule has 0 spiro atoms. The van der Waals surface area contributed by atoms with Crippen LogP contribution in [0.1, 0.15) is 18.4 Å². The molecule has 4 nitrogen and oxygen atoms in total. The number of amides is 1. The molecule has 3 N–H and O–H groups in total. The highest BCUT2D eigenvalue weighted by molar-refractivity contribution is 5.98. The van der Waals surface area contributed by atoms with Crippen molar-refractivity contribution in [2.24, 2.45) is 11.7 Å². The number of hydrogen-bond donors (Lipinski definition) is 2. The van der Waals surface area contributed by atoms with Crippen LogP contribution in [0.3, 0.4) is 0 Å². The first-order valence-corrected chi connectivity index (χ1v) is 10.6. The monoisotopic (exact) mass is 435 g/mol. The summed E-state index contributed by atoms with van der Waals surface area (Å²) in [5, 5.41) is 3.16. The number of halogens is 1. The lowest BCUT2D eigenvalue weighted by atomic mass is 9.89. The maximum atomic E-state index is 13.1. The number of carbonyl (C=O) groups is 1. The summed E-state index contributed by atoms with van der Waals surface area (Å²) in [7, 11) is 0. The molecule has 3 atom stereocenters. The molecule has 1 saturated heterocycles. The first-order valence-electron chi connectivity index (χ1n) is 10.6. The highest BCUT2D eigenvalue weighted by atomic mass is 35.5. The van der Waals surface area contributed by atoms with Crippen LogP contribution in [-0.2, 0) is 4.79 Å². The molecule has 0 bridgehead atoms. The van der Waals surface area contributed by atoms with Gasteiger partial charge < -0.3 is 11.1 Å². The van der Waals surface area contributed by atoms with Crippen LogP contribution in [0.5, 0.6) is 0 Å². The summed E-state index contributed by atoms with van der Waals surface area (Å²) >= 11 is 0. The number of rotatable bonds is 6. The molecule has 31 heavy (non-hydrogen) atoms. The summed E-state index contributed by atoms with van der Waals surface area (Å²) < 4.78 is 0. The zero-order chi connectivity index (χ0) is 20.9. The minimum absolute atomic E-state index is 0. The smallest absolute Gasteiger partial charge is 0.241 e. The Morgan fingerprint density at radius 1 is 0.968 bits per heavy atom. The SMILES string of the molecule is CC(C(=O)Nc1ccccc1-c1ccccc1)N1C[C@@H](CN)[C@H](c2ccccc2)C1.Cl. The number of nitrogens with two attached hydrogens (primary N) is 1. The summed E-state index contributed by atoms with van der Waals surface area (Å²) in [4.78, 5) is 15.4. The van der Waals surface area contributed by atoms with Crippen LogP contribution < -0.4 is 11.1 Å². The average molecular weight is 436 g/mol. The molecule has 3 aromatic rings. The quantitative estimate of drug-likeness (QED) is 0.586. The van der Waals surface area contributed by atoms with E-state index in [0.717, 1.165) is 29.9 Å². The highest BCUT2D eigenvalue weighted by Gasteiger charge is 2.36. The van der Waals surface area contributed by atoms with E-state index < -0.39 is 0 Å². The van der Waals surface area contributed by atoms with Crippen molar-refractivity contribution < 1.29 is 4.79 Å². The summed E-state index contributed by atoms with van der Waals surface area (Å²) in [6.07, 6.45) is 0. The van der Waals surface area contributed by atoms with Crippen LogP contribution in [0.25, 0.3) is 11.1 Å². The average Bonchev–Trinajstić information content (AvgIpc) is 3.24. The zero-order valence-electron chi connectivity index (χ0n) is 17.8. The molecule has 1 fully saturated rings. The third-order valence-corrected chi connectivity index (χ3v) is 6.20. The summed E-state index contributed by atoms with van der Waals surface area (Å²) in [5.74, 6) is 0.741. The van der Waals surface area contributed by atoms with Gasteiger partial charge in [0.1, 0.15) is 0 Å². The van der Waals surface area contributed by atoms with Gasteiger partial charge in [-0.1, -0.05) is 78.9 Å². The fourth-order valence-electron chi connectivity index (χ4n) is 4.40. The van der Waals surface area contributed by atoms with Gasteiger partial charge in [-0.3, -0.25) is 9.69 Å². The normalized spacial score (nSPS) is 19.4. The Morgan fingerprint density at radius 3 is 2.26 bits per heavy atom. The summed E-state index contributed by atoms with van der Waals surface area (Å²) in [5.41, 5.74) is 10.3. The van der Waals surface area contributed by atoms with Gasteiger partial charge in [0.25, 0.3) is 0 Å². The van der Waals surface area contributed by atoms with Crippen molar-refractivity contribution in [2.75, 3.05) is 25.0 Å². The molecular weight excluding hydrogens is 406 g/mol. The topological polar surface area (TPSA) is 58.4 Å². The molecule has 1 unspecified atom stereocenters. The van der Waals surface area contributed by atoms with Crippen LogP contribution in [-0.4, -0.2) is 36.5 Å². The Labute approximate surface area is 190 Å². The molecule has 5 heteroatoms. The summed E-state index contributed by atoms with van der Waals surface area (Å²) in [6.45, 7) is 4.30. The Morgan fingerprint density at radius 2 is 1.58 bits per heavy atom. The number of nitrogens with zero attached hydrogens (tertiary/aromatic N) is 1. The first kappa shape index (κ1) is 23.0. The van der Waals surface area contributed by atoms with Crippen LogP contribution >= 0.6 is 12.4 Å². The second kappa shape index (κ2) is 10.6. The van der Waals surface area contributed by atoms with Crippen LogP contribution in [0.2, 0.25) is 0 Å². The van der Waals surface area contributed by atoms with Gasteiger partial charge in [-0.25, -0.2) is 0 Å². The minimum Gasteiger partial charge on any atom is -0.330 e. The number of carbonyl (C=O) groups excluding carboxylic acids is 1. The van der Waals surface area contributed by atoms with Gasteiger partial charge in [-0.15, -0.1) is 12.4 Å². The number of anilines is 1. The molecule has 0 saturated carbocycles. The van der Waals surface area contributed by atoms with Gasteiger partial charge in [0.15, 0.2) is 0 Å². The Hall–Kier alpha value is -2.66. The van der Waals surface area contributed by atoms with Crippen LogP contribution in [0.15, 0.2) is 84.9 Å². The Bertz CT molecular complexity index is 980. The third-order valence-electron chi connectivity index (χ3n) is 6.20. The summed E-state index contributed by atoms with van der Waals surface area (Å²) in [6, 6.07) is 28.4. The van der Waals surface area contributed by atoms with E-state index in [2.05, 4.69) is 46.6 Å². The van der Waals surface area contributed by atoms with E-state index in [9.17, 15) is 4.79 Å². The number of nitrogens with one attached hydrogen (secondary N) is 1. The molecule has 1 amide bonds. The zero-order valence-corrected chi connectivity index (χ0v) is 18.6. The second-order valence-corrected chi connectivity index (χ2v) is 8.04. The van der Waals surface area contributed by atoms with E-state index >= 15 is 0 Å². The fraction of sp³-hybridized carbons (Fsp3) is 0.269. The van der Waals surface area contributed by atoms with E-state index in [1.54, 1.807) is 0 Å². The molecule has 1 aliphatic rings. The van der Waals surface area contributed by atoms with Crippen molar-refractivity contribution >= 4 is 24.0 Å². The molecule has 4 rings (SSSR count). The van der Waals surface area contributed by atoms with E-state index in [-0.39, 0.29) is 24.4 Å². The van der Waals surface area contributed by atoms with Crippen LogP contribution in [0, 0.1) is 5.92 Å². The molecule has 1 heterocycles. The van der Waals surface area contributed by atoms with Crippen molar-refractivity contribution in [1.29, 1.82) is 0 Å². The van der Waals surface area contributed by atoms with Gasteiger partial charge in [-0.05, 0) is 36.6 Å². The van der Waals surface area contributed by atoms with Crippen molar-refractivity contribution in [3.63, 3.8) is 0 Å². The van der Waals surface area contributed by atoms with Gasteiger partial charge in [-0.2, -0.15) is 0 Å². The molecule has 162 valence electrons. The predicted molar refractivity (Wildman–Crippen MR) is 131 cm³/mol. The fourth-order valence-corrected chi connectivity index (χ4v) is 4.40. The van der Waals surface area contributed by atoms with Gasteiger partial charge in [0.2, 0.25) is 5.91 Å². The maximum absolute atomic E-state index is 13.1. The van der Waals surface area contributed by atoms with Gasteiger partial charge >= 0.3 is 0 Å². The number of likely N-dealkylation sites (tertiary alicyclic amines) is 1. The van der Waals surface area contributed by atoms with Crippen molar-refractivity contribution in [2.45, 2.75) is 18.9 Å². The van der Waals surface area contributed by atoms with E-state index in [1.165, 1.54) is 5.56 Å². The molecule has 1 aliphatic heterocycles. The predicted octanol–water partition coefficient (Wildman–Crippen LogP) is 4.78. The van der Waals surface area contributed by atoms with Crippen molar-refractivity contribution in [3.05, 3.63) is 90.5 Å². The molecular formula is C26H30ClN3O. The first-order chi connectivity index (χ1) is 14.7. The lowest BCUT2D eigenvalue weighted by Crippen LogP contribution is -2.41. The van der Waals surface area contributed by atoms with E-state index in [4.69, 9.17) is 5.73 Å². The highest BCUT2D eigenvalue weighted by Crippen LogP contribution is 2.33. The second-order valence-electron chi connectivity index (χ2n) is 8.04. The van der Waals surface area contributed by atoms with E-state index in [0.29, 0.717) is 18.4 Å². The molecule has 3 aromatic carbocycles. The molecule has 0 aromatic heterocycles. The van der Waals surface area contributed by atoms with Crippen LogP contribution in [0.4, 0.5) is 5.69 Å². The maximum Gasteiger partial charge on any atom is 0.241 e.